The first-order valence-electron chi connectivity index (χ1n) is 6.14. The van der Waals surface area contributed by atoms with E-state index in [4.69, 9.17) is 5.73 Å². The molecule has 0 aliphatic rings. The first-order valence-corrected chi connectivity index (χ1v) is 6.14. The molecule has 0 bridgehead atoms. The van der Waals surface area contributed by atoms with Crippen molar-refractivity contribution in [2.75, 3.05) is 0 Å². The Bertz CT molecular complexity index is 524. The fraction of sp³-hybridized carbons (Fsp3) is 0.400. The molecule has 90 valence electrons. The molecule has 0 aliphatic carbocycles. The first kappa shape index (κ1) is 12.1. The molecule has 2 rings (SSSR count). The Morgan fingerprint density at radius 2 is 2.00 bits per heavy atom. The van der Waals surface area contributed by atoms with Gasteiger partial charge >= 0.3 is 0 Å². The maximum atomic E-state index is 6.05. The van der Waals surface area contributed by atoms with Gasteiger partial charge in [0.1, 0.15) is 0 Å². The van der Waals surface area contributed by atoms with Crippen molar-refractivity contribution in [3.05, 3.63) is 41.7 Å². The Kier molecular flexibility index (Phi) is 3.16. The number of nitrogens with zero attached hydrogens (tertiary/aromatic N) is 1. The van der Waals surface area contributed by atoms with Crippen molar-refractivity contribution in [2.45, 2.75) is 39.2 Å². The van der Waals surface area contributed by atoms with Crippen LogP contribution in [0.1, 0.15) is 31.9 Å². The average molecular weight is 228 g/mol. The Morgan fingerprint density at radius 1 is 1.24 bits per heavy atom. The molecule has 2 heteroatoms. The fourth-order valence-corrected chi connectivity index (χ4v) is 2.21. The van der Waals surface area contributed by atoms with Crippen LogP contribution in [0.2, 0.25) is 0 Å². The number of hydrogen-bond donors (Lipinski definition) is 1. The Hall–Kier alpha value is -1.41. The molecule has 0 aliphatic heterocycles. The second-order valence-corrected chi connectivity index (χ2v) is 5.37. The smallest absolute Gasteiger partial charge is 0.0346 e. The molecule has 0 unspecified atom stereocenters. The molecule has 1 aromatic carbocycles. The van der Waals surface area contributed by atoms with Crippen molar-refractivity contribution in [1.82, 2.24) is 4.98 Å². The molecule has 0 spiro atoms. The Balaban J connectivity index is 2.45. The second kappa shape index (κ2) is 4.46. The average Bonchev–Trinajstić information content (AvgIpc) is 2.25. The van der Waals surface area contributed by atoms with Crippen LogP contribution in [0.3, 0.4) is 0 Å². The Labute approximate surface area is 103 Å². The number of aromatic nitrogens is 1. The van der Waals surface area contributed by atoms with Crippen LogP contribution < -0.4 is 5.73 Å². The highest BCUT2D eigenvalue weighted by Crippen LogP contribution is 2.21. The van der Waals surface area contributed by atoms with Gasteiger partial charge in [0.25, 0.3) is 0 Å². The first-order chi connectivity index (χ1) is 7.99. The summed E-state index contributed by atoms with van der Waals surface area (Å²) < 4.78 is 0. The summed E-state index contributed by atoms with van der Waals surface area (Å²) in [5, 5.41) is 2.52. The number of aryl methyl sites for hydroxylation is 1. The van der Waals surface area contributed by atoms with Gasteiger partial charge in [-0.05, 0) is 49.3 Å². The molecule has 0 fully saturated rings. The van der Waals surface area contributed by atoms with Crippen LogP contribution in [0.5, 0.6) is 0 Å². The van der Waals surface area contributed by atoms with Crippen molar-refractivity contribution in [3.8, 4) is 0 Å². The summed E-state index contributed by atoms with van der Waals surface area (Å²) in [5.74, 6) is 0. The van der Waals surface area contributed by atoms with Crippen molar-refractivity contribution in [2.24, 2.45) is 5.73 Å². The highest BCUT2D eigenvalue weighted by Gasteiger charge is 2.12. The van der Waals surface area contributed by atoms with E-state index in [0.717, 1.165) is 12.8 Å². The van der Waals surface area contributed by atoms with E-state index in [0.29, 0.717) is 0 Å². The van der Waals surface area contributed by atoms with Crippen LogP contribution >= 0.6 is 0 Å². The second-order valence-electron chi connectivity index (χ2n) is 5.37. The van der Waals surface area contributed by atoms with Crippen LogP contribution in [0.4, 0.5) is 0 Å². The van der Waals surface area contributed by atoms with E-state index < -0.39 is 0 Å². The normalized spacial score (nSPS) is 12.0. The molecule has 0 radical (unpaired) electrons. The largest absolute Gasteiger partial charge is 0.325 e. The van der Waals surface area contributed by atoms with Gasteiger partial charge in [0.05, 0.1) is 0 Å². The standard InChI is InChI=1S/C15H20N2/c1-4-12-9-17-10-13-7-11(5-6-14(12)13)8-15(2,3)16/h5-7,9-10H,4,8,16H2,1-3H3. The van der Waals surface area contributed by atoms with Crippen LogP contribution in [0, 0.1) is 0 Å². The van der Waals surface area contributed by atoms with E-state index in [1.54, 1.807) is 0 Å². The minimum atomic E-state index is -0.163. The van der Waals surface area contributed by atoms with Gasteiger partial charge in [0.2, 0.25) is 0 Å². The number of hydrogen-bond acceptors (Lipinski definition) is 2. The van der Waals surface area contributed by atoms with Gasteiger partial charge in [0, 0.05) is 23.3 Å². The molecule has 0 amide bonds. The number of rotatable bonds is 3. The predicted molar refractivity (Wildman–Crippen MR) is 73.1 cm³/mol. The van der Waals surface area contributed by atoms with E-state index in [9.17, 15) is 0 Å². The molecule has 0 atom stereocenters. The topological polar surface area (TPSA) is 38.9 Å². The lowest BCUT2D eigenvalue weighted by Crippen LogP contribution is -2.34. The molecular formula is C15H20N2. The maximum Gasteiger partial charge on any atom is 0.0346 e. The minimum absolute atomic E-state index is 0.163. The third-order valence-electron chi connectivity index (χ3n) is 2.95. The lowest BCUT2D eigenvalue weighted by Gasteiger charge is -2.18. The molecule has 2 N–H and O–H groups in total. The van der Waals surface area contributed by atoms with Gasteiger partial charge in [-0.25, -0.2) is 0 Å². The van der Waals surface area contributed by atoms with Crippen LogP contribution in [0.15, 0.2) is 30.6 Å². The summed E-state index contributed by atoms with van der Waals surface area (Å²) in [6.45, 7) is 6.27. The zero-order valence-corrected chi connectivity index (χ0v) is 10.8. The molecule has 0 saturated carbocycles. The SMILES string of the molecule is CCc1cncc2cc(CC(C)(C)N)ccc12. The third-order valence-corrected chi connectivity index (χ3v) is 2.95. The summed E-state index contributed by atoms with van der Waals surface area (Å²) in [6, 6.07) is 6.57. The van der Waals surface area contributed by atoms with Crippen LogP contribution in [0.25, 0.3) is 10.8 Å². The zero-order valence-electron chi connectivity index (χ0n) is 10.8. The summed E-state index contributed by atoms with van der Waals surface area (Å²) in [5.41, 5.74) is 8.47. The zero-order chi connectivity index (χ0) is 12.5. The summed E-state index contributed by atoms with van der Waals surface area (Å²) in [6.07, 6.45) is 5.79. The summed E-state index contributed by atoms with van der Waals surface area (Å²) in [7, 11) is 0. The van der Waals surface area contributed by atoms with Crippen molar-refractivity contribution < 1.29 is 0 Å². The lowest BCUT2D eigenvalue weighted by atomic mass is 9.94. The van der Waals surface area contributed by atoms with E-state index in [1.807, 2.05) is 12.4 Å². The van der Waals surface area contributed by atoms with Gasteiger partial charge in [-0.1, -0.05) is 19.1 Å². The summed E-state index contributed by atoms with van der Waals surface area (Å²) in [4.78, 5) is 4.29. The Morgan fingerprint density at radius 3 is 2.65 bits per heavy atom. The predicted octanol–water partition coefficient (Wildman–Crippen LogP) is 3.08. The van der Waals surface area contributed by atoms with Crippen molar-refractivity contribution in [1.29, 1.82) is 0 Å². The molecule has 17 heavy (non-hydrogen) atoms. The van der Waals surface area contributed by atoms with Gasteiger partial charge in [-0.3, -0.25) is 4.98 Å². The molecule has 2 nitrogen and oxygen atoms in total. The third kappa shape index (κ3) is 2.83. The van der Waals surface area contributed by atoms with Gasteiger partial charge in [-0.15, -0.1) is 0 Å². The van der Waals surface area contributed by atoms with Gasteiger partial charge in [-0.2, -0.15) is 0 Å². The summed E-state index contributed by atoms with van der Waals surface area (Å²) >= 11 is 0. The minimum Gasteiger partial charge on any atom is -0.325 e. The fourth-order valence-electron chi connectivity index (χ4n) is 2.21. The van der Waals surface area contributed by atoms with Gasteiger partial charge in [0.15, 0.2) is 0 Å². The quantitative estimate of drug-likeness (QED) is 0.876. The highest BCUT2D eigenvalue weighted by atomic mass is 14.7. The van der Waals surface area contributed by atoms with Gasteiger partial charge < -0.3 is 5.73 Å². The number of nitrogens with two attached hydrogens (primary N) is 1. The highest BCUT2D eigenvalue weighted by molar-refractivity contribution is 5.85. The van der Waals surface area contributed by atoms with Crippen LogP contribution in [-0.4, -0.2) is 10.5 Å². The van der Waals surface area contributed by atoms with E-state index >= 15 is 0 Å². The molecular weight excluding hydrogens is 208 g/mol. The monoisotopic (exact) mass is 228 g/mol. The molecule has 2 aromatic rings. The van der Waals surface area contributed by atoms with Crippen molar-refractivity contribution >= 4 is 10.8 Å². The van der Waals surface area contributed by atoms with E-state index in [-0.39, 0.29) is 5.54 Å². The van der Waals surface area contributed by atoms with E-state index in [2.05, 4.69) is 44.0 Å². The number of fused-ring (bicyclic) bond motifs is 1. The maximum absolute atomic E-state index is 6.05. The number of benzene rings is 1. The molecule has 1 aromatic heterocycles. The number of pyridine rings is 1. The van der Waals surface area contributed by atoms with E-state index in [1.165, 1.54) is 21.9 Å². The van der Waals surface area contributed by atoms with Crippen molar-refractivity contribution in [3.63, 3.8) is 0 Å². The molecule has 1 heterocycles. The lowest BCUT2D eigenvalue weighted by molar-refractivity contribution is 0.517. The van der Waals surface area contributed by atoms with Crippen LogP contribution in [-0.2, 0) is 12.8 Å². The molecule has 0 saturated heterocycles.